The van der Waals surface area contributed by atoms with Crippen molar-refractivity contribution in [3.63, 3.8) is 0 Å². The second-order valence-corrected chi connectivity index (χ2v) is 6.15. The van der Waals surface area contributed by atoms with E-state index in [4.69, 9.17) is 5.73 Å². The fraction of sp³-hybridized carbons (Fsp3) is 0.588. The molecule has 0 saturated heterocycles. The van der Waals surface area contributed by atoms with Crippen LogP contribution in [0.4, 0.5) is 0 Å². The lowest BCUT2D eigenvalue weighted by molar-refractivity contribution is -0.132. The Morgan fingerprint density at radius 1 is 1.35 bits per heavy atom. The molecule has 0 aromatic heterocycles. The first-order chi connectivity index (χ1) is 9.49. The Labute approximate surface area is 122 Å². The lowest BCUT2D eigenvalue weighted by Gasteiger charge is -2.27. The zero-order valence-electron chi connectivity index (χ0n) is 12.8. The summed E-state index contributed by atoms with van der Waals surface area (Å²) in [6.45, 7) is 4.15. The molecule has 20 heavy (non-hydrogen) atoms. The van der Waals surface area contributed by atoms with Gasteiger partial charge in [0, 0.05) is 19.5 Å². The number of nitrogens with zero attached hydrogens (tertiary/aromatic N) is 1. The van der Waals surface area contributed by atoms with Crippen molar-refractivity contribution in [2.24, 2.45) is 11.7 Å². The number of hydrogen-bond donors (Lipinski definition) is 1. The largest absolute Gasteiger partial charge is 0.339 e. The van der Waals surface area contributed by atoms with Gasteiger partial charge in [-0.05, 0) is 38.2 Å². The Kier molecular flexibility index (Phi) is 4.81. The SMILES string of the molecule is Cc1ccc(C(C)N(C)C(=O)C[C@@H]2CCC[C@H]2N)cc1. The van der Waals surface area contributed by atoms with Crippen LogP contribution in [0, 0.1) is 12.8 Å². The average Bonchev–Trinajstić information content (AvgIpc) is 2.83. The fourth-order valence-electron chi connectivity index (χ4n) is 2.97. The summed E-state index contributed by atoms with van der Waals surface area (Å²) in [5, 5.41) is 0. The Hall–Kier alpha value is -1.35. The van der Waals surface area contributed by atoms with Gasteiger partial charge >= 0.3 is 0 Å². The zero-order chi connectivity index (χ0) is 14.7. The van der Waals surface area contributed by atoms with Gasteiger partial charge in [-0.2, -0.15) is 0 Å². The van der Waals surface area contributed by atoms with E-state index in [1.54, 1.807) is 0 Å². The van der Waals surface area contributed by atoms with E-state index in [0.29, 0.717) is 12.3 Å². The molecule has 110 valence electrons. The van der Waals surface area contributed by atoms with Gasteiger partial charge in [-0.15, -0.1) is 0 Å². The van der Waals surface area contributed by atoms with Crippen molar-refractivity contribution in [2.45, 2.75) is 51.6 Å². The van der Waals surface area contributed by atoms with Gasteiger partial charge in [0.1, 0.15) is 0 Å². The highest BCUT2D eigenvalue weighted by atomic mass is 16.2. The predicted octanol–water partition coefficient (Wildman–Crippen LogP) is 3.03. The van der Waals surface area contributed by atoms with Crippen molar-refractivity contribution in [1.82, 2.24) is 4.90 Å². The highest BCUT2D eigenvalue weighted by molar-refractivity contribution is 5.76. The summed E-state index contributed by atoms with van der Waals surface area (Å²) in [7, 11) is 1.90. The van der Waals surface area contributed by atoms with Crippen LogP contribution in [-0.2, 0) is 4.79 Å². The molecule has 1 unspecified atom stereocenters. The molecule has 1 aromatic carbocycles. The summed E-state index contributed by atoms with van der Waals surface area (Å²) in [5.41, 5.74) is 8.49. The van der Waals surface area contributed by atoms with E-state index in [-0.39, 0.29) is 18.0 Å². The first-order valence-electron chi connectivity index (χ1n) is 7.57. The van der Waals surface area contributed by atoms with Crippen molar-refractivity contribution >= 4 is 5.91 Å². The van der Waals surface area contributed by atoms with Crippen LogP contribution in [0.1, 0.15) is 49.8 Å². The molecule has 0 radical (unpaired) electrons. The Morgan fingerprint density at radius 2 is 2.00 bits per heavy atom. The van der Waals surface area contributed by atoms with Gasteiger partial charge in [-0.1, -0.05) is 36.2 Å². The van der Waals surface area contributed by atoms with Crippen molar-refractivity contribution in [3.05, 3.63) is 35.4 Å². The van der Waals surface area contributed by atoms with Crippen LogP contribution in [0.25, 0.3) is 0 Å². The minimum atomic E-state index is 0.112. The number of carbonyl (C=O) groups is 1. The maximum Gasteiger partial charge on any atom is 0.223 e. The third-order valence-corrected chi connectivity index (χ3v) is 4.69. The highest BCUT2D eigenvalue weighted by Crippen LogP contribution is 2.28. The molecule has 0 heterocycles. The van der Waals surface area contributed by atoms with Gasteiger partial charge in [0.25, 0.3) is 0 Å². The summed E-state index contributed by atoms with van der Waals surface area (Å²) in [6, 6.07) is 8.72. The number of aryl methyl sites for hydroxylation is 1. The minimum absolute atomic E-state index is 0.112. The van der Waals surface area contributed by atoms with E-state index >= 15 is 0 Å². The maximum absolute atomic E-state index is 12.4. The molecule has 2 rings (SSSR count). The van der Waals surface area contributed by atoms with E-state index in [2.05, 4.69) is 38.1 Å². The van der Waals surface area contributed by atoms with Gasteiger partial charge in [-0.3, -0.25) is 4.79 Å². The van der Waals surface area contributed by atoms with Crippen LogP contribution in [0.15, 0.2) is 24.3 Å². The number of carbonyl (C=O) groups excluding carboxylic acids is 1. The second kappa shape index (κ2) is 6.40. The number of hydrogen-bond acceptors (Lipinski definition) is 2. The standard InChI is InChI=1S/C17H26N2O/c1-12-7-9-14(10-8-12)13(2)19(3)17(20)11-15-5-4-6-16(15)18/h7-10,13,15-16H,4-6,11,18H2,1-3H3/t13?,15-,16+/m0/s1. The molecule has 2 N–H and O–H groups in total. The number of benzene rings is 1. The molecule has 3 atom stereocenters. The molecule has 1 saturated carbocycles. The fourth-order valence-corrected chi connectivity index (χ4v) is 2.97. The summed E-state index contributed by atoms with van der Waals surface area (Å²) < 4.78 is 0. The predicted molar refractivity (Wildman–Crippen MR) is 82.3 cm³/mol. The molecule has 0 aliphatic heterocycles. The summed E-state index contributed by atoms with van der Waals surface area (Å²) in [5.74, 6) is 0.579. The molecule has 1 fully saturated rings. The molecule has 1 aromatic rings. The molecular formula is C17H26N2O. The van der Waals surface area contributed by atoms with E-state index < -0.39 is 0 Å². The maximum atomic E-state index is 12.4. The average molecular weight is 274 g/mol. The normalized spacial score (nSPS) is 23.6. The Morgan fingerprint density at radius 3 is 2.55 bits per heavy atom. The van der Waals surface area contributed by atoms with E-state index in [9.17, 15) is 4.79 Å². The molecule has 3 heteroatoms. The van der Waals surface area contributed by atoms with Gasteiger partial charge in [-0.25, -0.2) is 0 Å². The number of nitrogens with two attached hydrogens (primary N) is 1. The lowest BCUT2D eigenvalue weighted by atomic mass is 9.98. The monoisotopic (exact) mass is 274 g/mol. The first-order valence-corrected chi connectivity index (χ1v) is 7.57. The molecular weight excluding hydrogens is 248 g/mol. The molecule has 1 aliphatic rings. The van der Waals surface area contributed by atoms with Gasteiger partial charge in [0.15, 0.2) is 0 Å². The van der Waals surface area contributed by atoms with Crippen LogP contribution in [0.5, 0.6) is 0 Å². The number of rotatable bonds is 4. The Balaban J connectivity index is 1.97. The molecule has 0 bridgehead atoms. The van der Waals surface area contributed by atoms with Crippen LogP contribution in [0.3, 0.4) is 0 Å². The van der Waals surface area contributed by atoms with Crippen molar-refractivity contribution < 1.29 is 4.79 Å². The topological polar surface area (TPSA) is 46.3 Å². The van der Waals surface area contributed by atoms with Crippen LogP contribution < -0.4 is 5.73 Å². The van der Waals surface area contributed by atoms with Crippen molar-refractivity contribution in [1.29, 1.82) is 0 Å². The lowest BCUT2D eigenvalue weighted by Crippen LogP contribution is -2.34. The zero-order valence-corrected chi connectivity index (χ0v) is 12.8. The van der Waals surface area contributed by atoms with E-state index in [1.807, 2.05) is 11.9 Å². The van der Waals surface area contributed by atoms with Crippen LogP contribution in [-0.4, -0.2) is 23.9 Å². The molecule has 1 aliphatic carbocycles. The highest BCUT2D eigenvalue weighted by Gasteiger charge is 2.28. The first kappa shape index (κ1) is 15.0. The minimum Gasteiger partial charge on any atom is -0.339 e. The second-order valence-electron chi connectivity index (χ2n) is 6.15. The smallest absolute Gasteiger partial charge is 0.223 e. The summed E-state index contributed by atoms with van der Waals surface area (Å²) >= 11 is 0. The number of amides is 1. The van der Waals surface area contributed by atoms with Crippen molar-refractivity contribution in [2.75, 3.05) is 7.05 Å². The third-order valence-electron chi connectivity index (χ3n) is 4.69. The van der Waals surface area contributed by atoms with Crippen molar-refractivity contribution in [3.8, 4) is 0 Å². The van der Waals surface area contributed by atoms with Gasteiger partial charge in [0.2, 0.25) is 5.91 Å². The van der Waals surface area contributed by atoms with Crippen LogP contribution >= 0.6 is 0 Å². The van der Waals surface area contributed by atoms with Gasteiger partial charge < -0.3 is 10.6 Å². The molecule has 3 nitrogen and oxygen atoms in total. The van der Waals surface area contributed by atoms with E-state index in [0.717, 1.165) is 19.3 Å². The quantitative estimate of drug-likeness (QED) is 0.917. The van der Waals surface area contributed by atoms with Crippen LogP contribution in [0.2, 0.25) is 0 Å². The summed E-state index contributed by atoms with van der Waals surface area (Å²) in [4.78, 5) is 14.3. The molecule has 0 spiro atoms. The van der Waals surface area contributed by atoms with Gasteiger partial charge in [0.05, 0.1) is 6.04 Å². The molecule has 1 amide bonds. The summed E-state index contributed by atoms with van der Waals surface area (Å²) in [6.07, 6.45) is 3.92. The Bertz CT molecular complexity index is 455. The van der Waals surface area contributed by atoms with E-state index in [1.165, 1.54) is 11.1 Å². The third kappa shape index (κ3) is 3.40.